The van der Waals surface area contributed by atoms with Gasteiger partial charge in [0, 0.05) is 25.7 Å². The topological polar surface area (TPSA) is 66.5 Å². The molecule has 1 N–H and O–H groups in total. The molecule has 1 aliphatic rings. The molecule has 1 saturated carbocycles. The zero-order valence-electron chi connectivity index (χ0n) is 13.2. The van der Waals surface area contributed by atoms with Crippen molar-refractivity contribution in [3.8, 4) is 0 Å². The molecule has 0 unspecified atom stereocenters. The van der Waals surface area contributed by atoms with Crippen LogP contribution in [0.5, 0.6) is 0 Å². The minimum Gasteiger partial charge on any atom is -0.316 e. The molecule has 1 aromatic rings. The van der Waals surface area contributed by atoms with Crippen molar-refractivity contribution in [2.45, 2.75) is 56.4 Å². The maximum Gasteiger partial charge on any atom is 0.240 e. The summed E-state index contributed by atoms with van der Waals surface area (Å²) in [6.07, 6.45) is 6.34. The van der Waals surface area contributed by atoms with Gasteiger partial charge in [-0.25, -0.2) is 13.1 Å². The lowest BCUT2D eigenvalue weighted by Crippen LogP contribution is -2.34. The third kappa shape index (κ3) is 4.30. The number of sulfonamides is 1. The van der Waals surface area contributed by atoms with Gasteiger partial charge in [0.1, 0.15) is 0 Å². The summed E-state index contributed by atoms with van der Waals surface area (Å²) in [6, 6.07) is 6.44. The summed E-state index contributed by atoms with van der Waals surface area (Å²) in [5.74, 6) is -0.0906. The van der Waals surface area contributed by atoms with E-state index in [1.165, 1.54) is 24.7 Å². The largest absolute Gasteiger partial charge is 0.316 e. The predicted molar refractivity (Wildman–Crippen MR) is 87.3 cm³/mol. The van der Waals surface area contributed by atoms with E-state index in [1.54, 1.807) is 31.3 Å². The monoisotopic (exact) mass is 324 g/mol. The van der Waals surface area contributed by atoms with Gasteiger partial charge in [0.25, 0.3) is 0 Å². The van der Waals surface area contributed by atoms with Gasteiger partial charge in [0.2, 0.25) is 15.9 Å². The highest BCUT2D eigenvalue weighted by Gasteiger charge is 2.21. The fraction of sp³-hybridized carbons (Fsp3) is 0.562. The highest BCUT2D eigenvalue weighted by Crippen LogP contribution is 2.21. The van der Waals surface area contributed by atoms with Crippen LogP contribution >= 0.6 is 0 Å². The third-order valence-corrected chi connectivity index (χ3v) is 5.72. The van der Waals surface area contributed by atoms with E-state index in [2.05, 4.69) is 4.72 Å². The molecule has 1 amide bonds. The fourth-order valence-corrected chi connectivity index (χ4v) is 4.02. The van der Waals surface area contributed by atoms with Gasteiger partial charge in [-0.1, -0.05) is 25.7 Å². The second-order valence-corrected chi connectivity index (χ2v) is 7.60. The van der Waals surface area contributed by atoms with E-state index in [1.807, 2.05) is 0 Å². The number of carbonyl (C=O) groups excluding carboxylic acids is 1. The first-order chi connectivity index (χ1) is 10.4. The van der Waals surface area contributed by atoms with E-state index < -0.39 is 10.0 Å². The van der Waals surface area contributed by atoms with Crippen LogP contribution in [0.3, 0.4) is 0 Å². The van der Waals surface area contributed by atoms with Crippen molar-refractivity contribution in [1.29, 1.82) is 0 Å². The summed E-state index contributed by atoms with van der Waals surface area (Å²) < 4.78 is 27.7. The van der Waals surface area contributed by atoms with E-state index in [-0.39, 0.29) is 16.8 Å². The number of nitrogens with one attached hydrogen (secondary N) is 1. The van der Waals surface area contributed by atoms with Gasteiger partial charge in [-0.15, -0.1) is 0 Å². The summed E-state index contributed by atoms with van der Waals surface area (Å²) in [4.78, 5) is 13.0. The Hall–Kier alpha value is -1.40. The van der Waals surface area contributed by atoms with Crippen molar-refractivity contribution >= 4 is 21.6 Å². The first-order valence-corrected chi connectivity index (χ1v) is 9.25. The van der Waals surface area contributed by atoms with Gasteiger partial charge in [-0.2, -0.15) is 0 Å². The number of hydrogen-bond donors (Lipinski definition) is 1. The van der Waals surface area contributed by atoms with Crippen LogP contribution in [0.15, 0.2) is 29.2 Å². The molecule has 6 heteroatoms. The summed E-state index contributed by atoms with van der Waals surface area (Å²) in [5.41, 5.74) is 0.681. The van der Waals surface area contributed by atoms with E-state index in [9.17, 15) is 13.2 Å². The molecule has 0 bridgehead atoms. The van der Waals surface area contributed by atoms with E-state index >= 15 is 0 Å². The van der Waals surface area contributed by atoms with Gasteiger partial charge in [-0.05, 0) is 37.1 Å². The molecular weight excluding hydrogens is 300 g/mol. The maximum atomic E-state index is 12.4. The molecule has 0 saturated heterocycles. The van der Waals surface area contributed by atoms with Gasteiger partial charge in [0.05, 0.1) is 4.90 Å². The minimum absolute atomic E-state index is 0.0343. The van der Waals surface area contributed by atoms with Crippen molar-refractivity contribution in [3.05, 3.63) is 24.3 Å². The molecule has 122 valence electrons. The number of nitrogens with zero attached hydrogens (tertiary/aromatic N) is 1. The van der Waals surface area contributed by atoms with Crippen LogP contribution < -0.4 is 9.62 Å². The van der Waals surface area contributed by atoms with Crippen LogP contribution in [-0.4, -0.2) is 27.4 Å². The van der Waals surface area contributed by atoms with Crippen LogP contribution in [0, 0.1) is 0 Å². The second kappa shape index (κ2) is 7.24. The Balaban J connectivity index is 2.10. The van der Waals surface area contributed by atoms with Crippen molar-refractivity contribution in [3.63, 3.8) is 0 Å². The SMILES string of the molecule is CC(=O)N(C)c1ccc(S(=O)(=O)NC2CCCCCC2)cc1. The van der Waals surface area contributed by atoms with Crippen molar-refractivity contribution < 1.29 is 13.2 Å². The lowest BCUT2D eigenvalue weighted by atomic mass is 10.1. The van der Waals surface area contributed by atoms with Crippen LogP contribution in [0.4, 0.5) is 5.69 Å². The highest BCUT2D eigenvalue weighted by molar-refractivity contribution is 7.89. The summed E-state index contributed by atoms with van der Waals surface area (Å²) in [5, 5.41) is 0. The standard InChI is InChI=1S/C16H24N2O3S/c1-13(19)18(2)15-9-11-16(12-10-15)22(20,21)17-14-7-5-3-4-6-8-14/h9-12,14,17H,3-8H2,1-2H3. The second-order valence-electron chi connectivity index (χ2n) is 5.88. The molecule has 2 rings (SSSR count). The number of hydrogen-bond acceptors (Lipinski definition) is 3. The molecule has 22 heavy (non-hydrogen) atoms. The summed E-state index contributed by atoms with van der Waals surface area (Å²) in [6.45, 7) is 1.47. The highest BCUT2D eigenvalue weighted by atomic mass is 32.2. The smallest absolute Gasteiger partial charge is 0.240 e. The van der Waals surface area contributed by atoms with Crippen LogP contribution in [0.2, 0.25) is 0 Å². The van der Waals surface area contributed by atoms with Gasteiger partial charge in [0.15, 0.2) is 0 Å². The lowest BCUT2D eigenvalue weighted by Gasteiger charge is -2.18. The Morgan fingerprint density at radius 2 is 1.64 bits per heavy atom. The molecule has 0 spiro atoms. The third-order valence-electron chi connectivity index (χ3n) is 4.18. The Labute approximate surface area is 132 Å². The number of benzene rings is 1. The molecule has 0 radical (unpaired) electrons. The fourth-order valence-electron chi connectivity index (χ4n) is 2.72. The Morgan fingerprint density at radius 1 is 1.09 bits per heavy atom. The van der Waals surface area contributed by atoms with Crippen molar-refractivity contribution in [1.82, 2.24) is 4.72 Å². The average molecular weight is 324 g/mol. The van der Waals surface area contributed by atoms with Crippen molar-refractivity contribution in [2.75, 3.05) is 11.9 Å². The first kappa shape index (κ1) is 17.0. The zero-order chi connectivity index (χ0) is 16.2. The van der Waals surface area contributed by atoms with Crippen LogP contribution in [0.25, 0.3) is 0 Å². The number of rotatable bonds is 4. The minimum atomic E-state index is -3.49. The number of carbonyl (C=O) groups is 1. The average Bonchev–Trinajstić information content (AvgIpc) is 2.74. The quantitative estimate of drug-likeness (QED) is 0.866. The normalized spacial score (nSPS) is 17.0. The van der Waals surface area contributed by atoms with Gasteiger partial charge >= 0.3 is 0 Å². The molecule has 1 aromatic carbocycles. The lowest BCUT2D eigenvalue weighted by molar-refractivity contribution is -0.116. The van der Waals surface area contributed by atoms with Crippen LogP contribution in [-0.2, 0) is 14.8 Å². The Bertz CT molecular complexity index is 603. The van der Waals surface area contributed by atoms with E-state index in [4.69, 9.17) is 0 Å². The van der Waals surface area contributed by atoms with Gasteiger partial charge < -0.3 is 4.90 Å². The van der Waals surface area contributed by atoms with Gasteiger partial charge in [-0.3, -0.25) is 4.79 Å². The number of amides is 1. The summed E-state index contributed by atoms with van der Waals surface area (Å²) >= 11 is 0. The first-order valence-electron chi connectivity index (χ1n) is 7.77. The van der Waals surface area contributed by atoms with Crippen LogP contribution in [0.1, 0.15) is 45.4 Å². The molecule has 0 heterocycles. The molecule has 0 atom stereocenters. The predicted octanol–water partition coefficient (Wildman–Crippen LogP) is 2.67. The maximum absolute atomic E-state index is 12.4. The molecule has 1 aliphatic carbocycles. The molecular formula is C16H24N2O3S. The van der Waals surface area contributed by atoms with E-state index in [0.717, 1.165) is 25.7 Å². The molecule has 0 aliphatic heterocycles. The Kier molecular flexibility index (Phi) is 5.58. The molecule has 1 fully saturated rings. The number of anilines is 1. The summed E-state index contributed by atoms with van der Waals surface area (Å²) in [7, 11) is -1.83. The molecule has 0 aromatic heterocycles. The zero-order valence-corrected chi connectivity index (χ0v) is 14.0. The van der Waals surface area contributed by atoms with Crippen molar-refractivity contribution in [2.24, 2.45) is 0 Å². The van der Waals surface area contributed by atoms with E-state index in [0.29, 0.717) is 5.69 Å². The Morgan fingerprint density at radius 3 is 2.14 bits per heavy atom. The molecule has 5 nitrogen and oxygen atoms in total.